The lowest BCUT2D eigenvalue weighted by Gasteiger charge is -2.31. The summed E-state index contributed by atoms with van der Waals surface area (Å²) < 4.78 is 0. The first-order valence-electron chi connectivity index (χ1n) is 9.60. The first-order valence-corrected chi connectivity index (χ1v) is 10.5. The molecular weight excluding hydrogens is 354 g/mol. The summed E-state index contributed by atoms with van der Waals surface area (Å²) in [7, 11) is 0. The maximum absolute atomic E-state index is 12.5. The Kier molecular flexibility index (Phi) is 5.39. The number of fused-ring (bicyclic) bond motifs is 1. The van der Waals surface area contributed by atoms with Crippen LogP contribution >= 0.6 is 11.3 Å². The molecule has 4 nitrogen and oxygen atoms in total. The molecule has 2 aromatic heterocycles. The van der Waals surface area contributed by atoms with E-state index < -0.39 is 0 Å². The average molecular weight is 380 g/mol. The van der Waals surface area contributed by atoms with Gasteiger partial charge in [-0.3, -0.25) is 4.79 Å². The third-order valence-electron chi connectivity index (χ3n) is 5.39. The highest BCUT2D eigenvalue weighted by atomic mass is 32.1. The average Bonchev–Trinajstić information content (AvgIpc) is 3.19. The Labute approximate surface area is 164 Å². The fourth-order valence-corrected chi connectivity index (χ4v) is 4.60. The van der Waals surface area contributed by atoms with Crippen molar-refractivity contribution in [2.45, 2.75) is 32.1 Å². The third-order valence-corrected chi connectivity index (χ3v) is 6.29. The number of amides is 1. The van der Waals surface area contributed by atoms with E-state index in [9.17, 15) is 4.79 Å². The number of nitrogens with zero attached hydrogens (tertiary/aromatic N) is 2. The summed E-state index contributed by atoms with van der Waals surface area (Å²) in [5.41, 5.74) is 3.17. The summed E-state index contributed by atoms with van der Waals surface area (Å²) in [5.74, 6) is 1.69. The van der Waals surface area contributed by atoms with Gasteiger partial charge in [-0.1, -0.05) is 12.6 Å². The maximum atomic E-state index is 12.5. The van der Waals surface area contributed by atoms with Crippen molar-refractivity contribution >= 4 is 29.1 Å². The second-order valence-corrected chi connectivity index (χ2v) is 8.42. The van der Waals surface area contributed by atoms with Crippen molar-refractivity contribution in [1.29, 1.82) is 0 Å². The smallest absolute Gasteiger partial charge is 0.246 e. The van der Waals surface area contributed by atoms with E-state index in [0.29, 0.717) is 5.92 Å². The zero-order chi connectivity index (χ0) is 18.6. The van der Waals surface area contributed by atoms with Crippen LogP contribution < -0.4 is 5.32 Å². The summed E-state index contributed by atoms with van der Waals surface area (Å²) >= 11 is 1.83. The molecule has 27 heavy (non-hydrogen) atoms. The van der Waals surface area contributed by atoms with Crippen molar-refractivity contribution < 1.29 is 4.79 Å². The van der Waals surface area contributed by atoms with Gasteiger partial charge in [0.15, 0.2) is 0 Å². The van der Waals surface area contributed by atoms with Crippen LogP contribution in [0, 0.1) is 5.92 Å². The van der Waals surface area contributed by atoms with Gasteiger partial charge in [-0.15, -0.1) is 11.3 Å². The monoisotopic (exact) mass is 379 g/mol. The highest BCUT2D eigenvalue weighted by molar-refractivity contribution is 7.09. The zero-order valence-electron chi connectivity index (χ0n) is 15.5. The Morgan fingerprint density at radius 2 is 2.22 bits per heavy atom. The number of hydrogen-bond acceptors (Lipinski definition) is 4. The van der Waals surface area contributed by atoms with Gasteiger partial charge in [-0.05, 0) is 72.7 Å². The van der Waals surface area contributed by atoms with Crippen LogP contribution in [0.3, 0.4) is 0 Å². The minimum Gasteiger partial charge on any atom is -0.344 e. The zero-order valence-corrected chi connectivity index (χ0v) is 16.3. The molecule has 2 aliphatic heterocycles. The number of rotatable bonds is 4. The van der Waals surface area contributed by atoms with E-state index in [0.717, 1.165) is 62.3 Å². The van der Waals surface area contributed by atoms with E-state index in [2.05, 4.69) is 40.5 Å². The number of allylic oxidation sites excluding steroid dienone is 1. The van der Waals surface area contributed by atoms with E-state index >= 15 is 0 Å². The van der Waals surface area contributed by atoms with Crippen molar-refractivity contribution in [3.05, 3.63) is 64.1 Å². The van der Waals surface area contributed by atoms with E-state index in [1.165, 1.54) is 10.4 Å². The number of carbonyl (C=O) groups excluding carboxylic acids is 1. The molecule has 0 spiro atoms. The SMILES string of the molecule is C=C1CCc2cc(/C=C/C(=O)N3CCC(Cc4cccs4)CC3)cnc2N1. The molecule has 140 valence electrons. The lowest BCUT2D eigenvalue weighted by molar-refractivity contribution is -0.127. The maximum Gasteiger partial charge on any atom is 0.246 e. The molecule has 2 aliphatic rings. The Balaban J connectivity index is 1.31. The number of aromatic nitrogens is 1. The fourth-order valence-electron chi connectivity index (χ4n) is 3.78. The van der Waals surface area contributed by atoms with Crippen molar-refractivity contribution in [3.63, 3.8) is 0 Å². The Hall–Kier alpha value is -2.40. The Morgan fingerprint density at radius 1 is 1.37 bits per heavy atom. The Bertz CT molecular complexity index is 848. The topological polar surface area (TPSA) is 45.2 Å². The number of nitrogens with one attached hydrogen (secondary N) is 1. The second kappa shape index (κ2) is 8.09. The molecule has 4 rings (SSSR count). The number of carbonyl (C=O) groups is 1. The van der Waals surface area contributed by atoms with E-state index in [1.54, 1.807) is 6.08 Å². The summed E-state index contributed by atoms with van der Waals surface area (Å²) in [6.45, 7) is 5.67. The molecular formula is C22H25N3OS. The minimum absolute atomic E-state index is 0.105. The molecule has 0 radical (unpaired) electrons. The lowest BCUT2D eigenvalue weighted by atomic mass is 9.93. The van der Waals surface area contributed by atoms with Crippen molar-refractivity contribution in [1.82, 2.24) is 9.88 Å². The largest absolute Gasteiger partial charge is 0.344 e. The van der Waals surface area contributed by atoms with Gasteiger partial charge >= 0.3 is 0 Å². The third kappa shape index (κ3) is 4.48. The number of piperidine rings is 1. The van der Waals surface area contributed by atoms with Crippen molar-refractivity contribution in [2.75, 3.05) is 18.4 Å². The fraction of sp³-hybridized carbons (Fsp3) is 0.364. The molecule has 1 amide bonds. The lowest BCUT2D eigenvalue weighted by Crippen LogP contribution is -2.37. The van der Waals surface area contributed by atoms with Gasteiger partial charge in [-0.2, -0.15) is 0 Å². The number of aryl methyl sites for hydroxylation is 1. The molecule has 0 bridgehead atoms. The van der Waals surface area contributed by atoms with Gasteiger partial charge in [0.05, 0.1) is 0 Å². The Morgan fingerprint density at radius 3 is 3.00 bits per heavy atom. The highest BCUT2D eigenvalue weighted by Gasteiger charge is 2.22. The van der Waals surface area contributed by atoms with Crippen molar-refractivity contribution in [2.24, 2.45) is 5.92 Å². The number of thiophene rings is 1. The van der Waals surface area contributed by atoms with Crippen LogP contribution in [0.25, 0.3) is 6.08 Å². The second-order valence-electron chi connectivity index (χ2n) is 7.39. The first kappa shape index (κ1) is 18.0. The summed E-state index contributed by atoms with van der Waals surface area (Å²) in [6, 6.07) is 6.44. The molecule has 1 fully saturated rings. The molecule has 0 unspecified atom stereocenters. The van der Waals surface area contributed by atoms with Crippen LogP contribution in [0.15, 0.2) is 48.1 Å². The van der Waals surface area contributed by atoms with Gasteiger partial charge in [0.1, 0.15) is 5.82 Å². The van der Waals surface area contributed by atoms with Crippen LogP contribution in [-0.2, 0) is 17.6 Å². The van der Waals surface area contributed by atoms with E-state index in [1.807, 2.05) is 28.5 Å². The van der Waals surface area contributed by atoms with Crippen LogP contribution in [0.1, 0.15) is 35.3 Å². The number of likely N-dealkylation sites (tertiary alicyclic amines) is 1. The number of anilines is 1. The van der Waals surface area contributed by atoms with Gasteiger partial charge < -0.3 is 10.2 Å². The summed E-state index contributed by atoms with van der Waals surface area (Å²) in [5, 5.41) is 5.36. The quantitative estimate of drug-likeness (QED) is 0.795. The molecule has 0 aliphatic carbocycles. The van der Waals surface area contributed by atoms with Crippen LogP contribution in [0.5, 0.6) is 0 Å². The summed E-state index contributed by atoms with van der Waals surface area (Å²) in [4.78, 5) is 20.4. The van der Waals surface area contributed by atoms with Gasteiger partial charge in [0.25, 0.3) is 0 Å². The minimum atomic E-state index is 0.105. The van der Waals surface area contributed by atoms with Crippen LogP contribution in [0.2, 0.25) is 0 Å². The number of hydrogen-bond donors (Lipinski definition) is 1. The van der Waals surface area contributed by atoms with Crippen molar-refractivity contribution in [3.8, 4) is 0 Å². The predicted octanol–water partition coefficient (Wildman–Crippen LogP) is 4.51. The normalized spacial score (nSPS) is 17.8. The van der Waals surface area contributed by atoms with Crippen LogP contribution in [-0.4, -0.2) is 28.9 Å². The van der Waals surface area contributed by atoms with E-state index in [-0.39, 0.29) is 5.91 Å². The van der Waals surface area contributed by atoms with Gasteiger partial charge in [-0.25, -0.2) is 4.98 Å². The summed E-state index contributed by atoms with van der Waals surface area (Å²) in [6.07, 6.45) is 10.6. The molecule has 4 heterocycles. The number of pyridine rings is 1. The first-order chi connectivity index (χ1) is 13.2. The molecule has 0 atom stereocenters. The van der Waals surface area contributed by atoms with Gasteiger partial charge in [0.2, 0.25) is 5.91 Å². The predicted molar refractivity (Wildman–Crippen MR) is 112 cm³/mol. The standard InChI is InChI=1S/C22H25N3OS/c1-16-4-6-19-13-18(15-23-22(19)24-16)5-7-21(26)25-10-8-17(9-11-25)14-20-3-2-12-27-20/h2-3,5,7,12-13,15,17H,1,4,6,8-11,14H2,(H,23,24)/b7-5+. The molecule has 1 N–H and O–H groups in total. The van der Waals surface area contributed by atoms with Crippen LogP contribution in [0.4, 0.5) is 5.82 Å². The van der Waals surface area contributed by atoms with E-state index in [4.69, 9.17) is 0 Å². The molecule has 2 aromatic rings. The molecule has 0 saturated carbocycles. The van der Waals surface area contributed by atoms with Gasteiger partial charge in [0, 0.05) is 35.9 Å². The highest BCUT2D eigenvalue weighted by Crippen LogP contribution is 2.26. The molecule has 5 heteroatoms. The molecule has 0 aromatic carbocycles. The molecule has 1 saturated heterocycles.